The second-order valence-electron chi connectivity index (χ2n) is 14.3. The molecule has 0 aliphatic rings. The van der Waals surface area contributed by atoms with Crippen LogP contribution in [0.2, 0.25) is 0 Å². The molecule has 0 bridgehead atoms. The molecule has 0 unspecified atom stereocenters. The van der Waals surface area contributed by atoms with Gasteiger partial charge in [-0.05, 0) is 74.6 Å². The summed E-state index contributed by atoms with van der Waals surface area (Å²) in [6.07, 6.45) is 34.7. The summed E-state index contributed by atoms with van der Waals surface area (Å²) in [4.78, 5) is 0. The fourth-order valence-electron chi connectivity index (χ4n) is 6.96. The highest BCUT2D eigenvalue weighted by molar-refractivity contribution is 7.34. The van der Waals surface area contributed by atoms with Gasteiger partial charge in [-0.3, -0.25) is 0 Å². The Morgan fingerprint density at radius 1 is 0.396 bits per heavy atom. The molecule has 48 heavy (non-hydrogen) atoms. The lowest BCUT2D eigenvalue weighted by Gasteiger charge is -2.13. The van der Waals surface area contributed by atoms with Crippen molar-refractivity contribution in [2.75, 3.05) is 0 Å². The Morgan fingerprint density at radius 2 is 0.688 bits per heavy atom. The van der Waals surface area contributed by atoms with Crippen LogP contribution in [0, 0.1) is 0 Å². The van der Waals surface area contributed by atoms with Crippen molar-refractivity contribution in [3.05, 3.63) is 58.7 Å². The van der Waals surface area contributed by atoms with E-state index in [1.807, 2.05) is 12.1 Å². The van der Waals surface area contributed by atoms with E-state index in [0.29, 0.717) is 0 Å². The molecule has 0 radical (unpaired) electrons. The van der Waals surface area contributed by atoms with E-state index in [9.17, 15) is 4.57 Å². The second kappa shape index (κ2) is 28.9. The summed E-state index contributed by atoms with van der Waals surface area (Å²) in [7, 11) is -2.34. The van der Waals surface area contributed by atoms with Gasteiger partial charge in [0.15, 0.2) is 11.5 Å². The molecule has 0 saturated heterocycles. The SMILES string of the molecule is CCCCCCCCc1cccc(O[P+](=O)Oc2cccc(CCCCCCCC)c2CCCCCCCC)c1CCCCCCCC. The molecule has 2 aromatic carbocycles. The first kappa shape index (κ1) is 42.3. The molecule has 0 fully saturated rings. The Morgan fingerprint density at radius 3 is 1.02 bits per heavy atom. The maximum absolute atomic E-state index is 13.6. The van der Waals surface area contributed by atoms with Gasteiger partial charge in [0, 0.05) is 15.7 Å². The van der Waals surface area contributed by atoms with Crippen LogP contribution >= 0.6 is 8.25 Å². The molecular weight excluding hydrogens is 607 g/mol. The number of unbranched alkanes of at least 4 members (excludes halogenated alkanes) is 20. The van der Waals surface area contributed by atoms with E-state index in [-0.39, 0.29) is 0 Å². The lowest BCUT2D eigenvalue weighted by molar-refractivity contribution is 0.410. The van der Waals surface area contributed by atoms with E-state index in [4.69, 9.17) is 9.05 Å². The molecule has 0 amide bonds. The quantitative estimate of drug-likeness (QED) is 0.0569. The van der Waals surface area contributed by atoms with Gasteiger partial charge in [0.05, 0.1) is 0 Å². The zero-order valence-corrected chi connectivity index (χ0v) is 32.8. The molecule has 0 aliphatic heterocycles. The predicted molar refractivity (Wildman–Crippen MR) is 210 cm³/mol. The zero-order valence-electron chi connectivity index (χ0n) is 31.9. The van der Waals surface area contributed by atoms with Gasteiger partial charge in [0.2, 0.25) is 0 Å². The molecule has 3 nitrogen and oxygen atoms in total. The van der Waals surface area contributed by atoms with Crippen molar-refractivity contribution in [2.24, 2.45) is 0 Å². The summed E-state index contributed by atoms with van der Waals surface area (Å²) in [6, 6.07) is 12.7. The van der Waals surface area contributed by atoms with Crippen LogP contribution in [0.25, 0.3) is 0 Å². The third-order valence-corrected chi connectivity index (χ3v) is 10.7. The highest BCUT2D eigenvalue weighted by Gasteiger charge is 2.28. The van der Waals surface area contributed by atoms with Crippen molar-refractivity contribution in [1.29, 1.82) is 0 Å². The lowest BCUT2D eigenvalue weighted by atomic mass is 9.95. The van der Waals surface area contributed by atoms with Crippen LogP contribution in [0.5, 0.6) is 11.5 Å². The number of aryl methyl sites for hydroxylation is 2. The van der Waals surface area contributed by atoms with Gasteiger partial charge >= 0.3 is 8.25 Å². The third-order valence-electron chi connectivity index (χ3n) is 9.97. The molecule has 0 aliphatic carbocycles. The first-order valence-electron chi connectivity index (χ1n) is 20.7. The van der Waals surface area contributed by atoms with Gasteiger partial charge in [-0.25, -0.2) is 9.05 Å². The second-order valence-corrected chi connectivity index (χ2v) is 15.1. The summed E-state index contributed by atoms with van der Waals surface area (Å²) >= 11 is 0. The van der Waals surface area contributed by atoms with E-state index >= 15 is 0 Å². The van der Waals surface area contributed by atoms with Crippen molar-refractivity contribution < 1.29 is 13.6 Å². The molecule has 4 heteroatoms. The van der Waals surface area contributed by atoms with Gasteiger partial charge in [0.25, 0.3) is 0 Å². The number of rotatable bonds is 32. The molecule has 0 aromatic heterocycles. The van der Waals surface area contributed by atoms with Crippen molar-refractivity contribution in [1.82, 2.24) is 0 Å². The van der Waals surface area contributed by atoms with E-state index < -0.39 is 8.25 Å². The third kappa shape index (κ3) is 18.8. The number of benzene rings is 2. The Balaban J connectivity index is 2.15. The van der Waals surface area contributed by atoms with E-state index in [1.54, 1.807) is 0 Å². The highest BCUT2D eigenvalue weighted by Crippen LogP contribution is 2.38. The first-order valence-corrected chi connectivity index (χ1v) is 21.8. The average Bonchev–Trinajstić information content (AvgIpc) is 3.09. The molecule has 0 heterocycles. The normalized spacial score (nSPS) is 11.2. The molecule has 0 atom stereocenters. The zero-order chi connectivity index (χ0) is 34.5. The summed E-state index contributed by atoms with van der Waals surface area (Å²) in [6.45, 7) is 9.10. The van der Waals surface area contributed by atoms with Gasteiger partial charge in [0.1, 0.15) is 0 Å². The van der Waals surface area contributed by atoms with Crippen molar-refractivity contribution in [2.45, 2.75) is 207 Å². The van der Waals surface area contributed by atoms with Crippen molar-refractivity contribution >= 4 is 8.25 Å². The highest BCUT2D eigenvalue weighted by atomic mass is 31.1. The minimum absolute atomic E-state index is 0.758. The van der Waals surface area contributed by atoms with Gasteiger partial charge in [-0.15, -0.1) is 0 Å². The van der Waals surface area contributed by atoms with Crippen LogP contribution in [0.3, 0.4) is 0 Å². The molecule has 2 rings (SSSR count). The number of hydrogen-bond acceptors (Lipinski definition) is 3. The van der Waals surface area contributed by atoms with Crippen LogP contribution < -0.4 is 9.05 Å². The van der Waals surface area contributed by atoms with E-state index in [0.717, 1.165) is 50.0 Å². The Hall–Kier alpha value is -1.86. The van der Waals surface area contributed by atoms with Crippen LogP contribution in [0.4, 0.5) is 0 Å². The Bertz CT molecular complexity index is 997. The fourth-order valence-corrected chi connectivity index (χ4v) is 7.66. The average molecular weight is 682 g/mol. The number of hydrogen-bond donors (Lipinski definition) is 0. The van der Waals surface area contributed by atoms with E-state index in [1.165, 1.54) is 164 Å². The largest absolute Gasteiger partial charge is 0.805 e. The minimum Gasteiger partial charge on any atom is -0.222 e. The summed E-state index contributed by atoms with van der Waals surface area (Å²) in [5.41, 5.74) is 5.23. The standard InChI is InChI=1S/C44H74O3P/c1-5-9-13-17-21-25-31-39-33-29-37-43(41(39)35-27-23-19-15-11-7-3)46-48(45)47-44-38-30-34-40(32-26-22-18-14-10-6-2)42(44)36-28-24-20-16-12-8-4/h29-30,33-34,37-38H,5-28,31-32,35-36H2,1-4H3/q+1. The monoisotopic (exact) mass is 682 g/mol. The summed E-state index contributed by atoms with van der Waals surface area (Å²) in [5.74, 6) is 1.52. The minimum atomic E-state index is -2.34. The van der Waals surface area contributed by atoms with Crippen LogP contribution in [-0.4, -0.2) is 0 Å². The summed E-state index contributed by atoms with van der Waals surface area (Å²) < 4.78 is 26.1. The van der Waals surface area contributed by atoms with Gasteiger partial charge in [-0.2, -0.15) is 0 Å². The smallest absolute Gasteiger partial charge is 0.222 e. The topological polar surface area (TPSA) is 35.5 Å². The van der Waals surface area contributed by atoms with Crippen molar-refractivity contribution in [3.8, 4) is 11.5 Å². The van der Waals surface area contributed by atoms with Crippen LogP contribution in [-0.2, 0) is 30.2 Å². The van der Waals surface area contributed by atoms with Crippen LogP contribution in [0.1, 0.15) is 204 Å². The van der Waals surface area contributed by atoms with E-state index in [2.05, 4.69) is 52.0 Å². The molecule has 2 aromatic rings. The molecule has 272 valence electrons. The van der Waals surface area contributed by atoms with Gasteiger partial charge < -0.3 is 0 Å². The fraction of sp³-hybridized carbons (Fsp3) is 0.727. The maximum atomic E-state index is 13.6. The molecule has 0 N–H and O–H groups in total. The summed E-state index contributed by atoms with van der Waals surface area (Å²) in [5, 5.41) is 0. The van der Waals surface area contributed by atoms with Gasteiger partial charge in [-0.1, -0.05) is 180 Å². The maximum Gasteiger partial charge on any atom is 0.805 e. The Kier molecular flexibility index (Phi) is 25.5. The first-order chi connectivity index (χ1) is 23.6. The molecule has 0 saturated carbocycles. The van der Waals surface area contributed by atoms with Crippen LogP contribution in [0.15, 0.2) is 36.4 Å². The lowest BCUT2D eigenvalue weighted by Crippen LogP contribution is -2.02. The molecule has 0 spiro atoms. The predicted octanol–water partition coefficient (Wildman–Crippen LogP) is 15.4. The Labute approximate surface area is 298 Å². The van der Waals surface area contributed by atoms with Crippen molar-refractivity contribution in [3.63, 3.8) is 0 Å². The molecular formula is C44H74O3P+.